The summed E-state index contributed by atoms with van der Waals surface area (Å²) in [5, 5.41) is 5.86. The zero-order valence-corrected chi connectivity index (χ0v) is 15.4. The number of amides is 1. The highest BCUT2D eigenvalue weighted by molar-refractivity contribution is 6.30. The Bertz CT molecular complexity index is 885. The predicted octanol–water partition coefficient (Wildman–Crippen LogP) is 4.19. The van der Waals surface area contributed by atoms with Gasteiger partial charge in [-0.1, -0.05) is 17.7 Å². The highest BCUT2D eigenvalue weighted by atomic mass is 35.5. The van der Waals surface area contributed by atoms with E-state index in [2.05, 4.69) is 5.10 Å². The van der Waals surface area contributed by atoms with Crippen LogP contribution in [0.5, 0.6) is 11.5 Å². The second kappa shape index (κ2) is 7.33. The van der Waals surface area contributed by atoms with Crippen LogP contribution >= 0.6 is 11.6 Å². The Morgan fingerprint density at radius 2 is 2.00 bits per heavy atom. The van der Waals surface area contributed by atoms with Crippen molar-refractivity contribution in [2.75, 3.05) is 14.2 Å². The summed E-state index contributed by atoms with van der Waals surface area (Å²) in [5.74, 6) is 0.495. The number of hydrazone groups is 1. The van der Waals surface area contributed by atoms with Crippen molar-refractivity contribution >= 4 is 23.2 Å². The Kier molecular flexibility index (Phi) is 5.13. The number of benzene rings is 2. The van der Waals surface area contributed by atoms with Gasteiger partial charge in [0, 0.05) is 25.0 Å². The molecular formula is C19H18ClFN2O3. The molecule has 0 spiro atoms. The van der Waals surface area contributed by atoms with Crippen molar-refractivity contribution < 1.29 is 18.7 Å². The average molecular weight is 377 g/mol. The Balaban J connectivity index is 1.99. The summed E-state index contributed by atoms with van der Waals surface area (Å²) in [6.45, 7) is 1.43. The molecule has 2 aromatic carbocycles. The van der Waals surface area contributed by atoms with Gasteiger partial charge >= 0.3 is 0 Å². The molecule has 0 saturated carbocycles. The molecule has 0 aromatic heterocycles. The fourth-order valence-electron chi connectivity index (χ4n) is 2.98. The molecule has 2 aromatic rings. The molecule has 0 bridgehead atoms. The third-order valence-electron chi connectivity index (χ3n) is 4.28. The van der Waals surface area contributed by atoms with Gasteiger partial charge < -0.3 is 9.47 Å². The SMILES string of the molecule is COc1ccc(C2=NN(C(C)=O)C(c3ccc(Cl)c(F)c3)C2)c(OC)c1. The molecule has 1 heterocycles. The Morgan fingerprint density at radius 3 is 2.62 bits per heavy atom. The van der Waals surface area contributed by atoms with Gasteiger partial charge in [-0.2, -0.15) is 5.10 Å². The molecule has 1 atom stereocenters. The number of halogens is 2. The standard InChI is InChI=1S/C19H18ClFN2O3/c1-11(24)23-18(12-4-7-15(20)16(21)8-12)10-17(22-23)14-6-5-13(25-2)9-19(14)26-3/h4-9,18H,10H2,1-3H3. The van der Waals surface area contributed by atoms with E-state index in [9.17, 15) is 9.18 Å². The van der Waals surface area contributed by atoms with Crippen molar-refractivity contribution in [3.05, 3.63) is 58.4 Å². The number of rotatable bonds is 4. The van der Waals surface area contributed by atoms with Crippen LogP contribution in [0.15, 0.2) is 41.5 Å². The molecule has 1 aliphatic heterocycles. The van der Waals surface area contributed by atoms with Crippen molar-refractivity contribution in [2.24, 2.45) is 5.10 Å². The molecule has 7 heteroatoms. The summed E-state index contributed by atoms with van der Waals surface area (Å²) in [6, 6.07) is 9.51. The van der Waals surface area contributed by atoms with Gasteiger partial charge in [0.05, 0.1) is 31.0 Å². The van der Waals surface area contributed by atoms with E-state index in [0.717, 1.165) is 5.56 Å². The zero-order chi connectivity index (χ0) is 18.8. The van der Waals surface area contributed by atoms with Gasteiger partial charge in [-0.3, -0.25) is 4.79 Å². The molecule has 0 fully saturated rings. The molecule has 0 aliphatic carbocycles. The summed E-state index contributed by atoms with van der Waals surface area (Å²) in [4.78, 5) is 12.1. The van der Waals surface area contributed by atoms with Crippen molar-refractivity contribution in [3.8, 4) is 11.5 Å². The summed E-state index contributed by atoms with van der Waals surface area (Å²) in [6.07, 6.45) is 0.434. The first-order chi connectivity index (χ1) is 12.4. The Labute approximate surface area is 156 Å². The maximum Gasteiger partial charge on any atom is 0.240 e. The Hall–Kier alpha value is -2.60. The number of carbonyl (C=O) groups is 1. The molecule has 1 aliphatic rings. The van der Waals surface area contributed by atoms with E-state index in [4.69, 9.17) is 21.1 Å². The van der Waals surface area contributed by atoms with Crippen LogP contribution in [0.4, 0.5) is 4.39 Å². The fourth-order valence-corrected chi connectivity index (χ4v) is 3.10. The average Bonchev–Trinajstić information content (AvgIpc) is 3.08. The molecule has 0 N–H and O–H groups in total. The summed E-state index contributed by atoms with van der Waals surface area (Å²) in [7, 11) is 3.13. The van der Waals surface area contributed by atoms with Gasteiger partial charge in [0.2, 0.25) is 5.91 Å². The monoisotopic (exact) mass is 376 g/mol. The molecule has 1 unspecified atom stereocenters. The van der Waals surface area contributed by atoms with E-state index in [1.807, 2.05) is 6.07 Å². The molecule has 0 radical (unpaired) electrons. The predicted molar refractivity (Wildman–Crippen MR) is 97.4 cm³/mol. The minimum atomic E-state index is -0.525. The topological polar surface area (TPSA) is 51.1 Å². The van der Waals surface area contributed by atoms with Gasteiger partial charge in [-0.05, 0) is 29.8 Å². The van der Waals surface area contributed by atoms with E-state index in [1.165, 1.54) is 24.1 Å². The van der Waals surface area contributed by atoms with Crippen LogP contribution < -0.4 is 9.47 Å². The van der Waals surface area contributed by atoms with Crippen LogP contribution in [0.25, 0.3) is 0 Å². The Morgan fingerprint density at radius 1 is 1.23 bits per heavy atom. The highest BCUT2D eigenvalue weighted by Gasteiger charge is 2.32. The van der Waals surface area contributed by atoms with E-state index >= 15 is 0 Å². The number of nitrogens with zero attached hydrogens (tertiary/aromatic N) is 2. The second-order valence-electron chi connectivity index (χ2n) is 5.87. The lowest BCUT2D eigenvalue weighted by Gasteiger charge is -2.20. The summed E-state index contributed by atoms with van der Waals surface area (Å²) >= 11 is 5.77. The summed E-state index contributed by atoms with van der Waals surface area (Å²) in [5.41, 5.74) is 2.07. The van der Waals surface area contributed by atoms with E-state index in [0.29, 0.717) is 29.2 Å². The number of methoxy groups -OCH3 is 2. The van der Waals surface area contributed by atoms with Gasteiger partial charge in [0.1, 0.15) is 17.3 Å². The van der Waals surface area contributed by atoms with Crippen molar-refractivity contribution in [1.82, 2.24) is 5.01 Å². The largest absolute Gasteiger partial charge is 0.497 e. The normalized spacial score (nSPS) is 16.4. The number of hydrogen-bond donors (Lipinski definition) is 0. The van der Waals surface area contributed by atoms with Crippen LogP contribution in [0.2, 0.25) is 5.02 Å². The molecule has 1 amide bonds. The molecule has 26 heavy (non-hydrogen) atoms. The lowest BCUT2D eigenvalue weighted by Crippen LogP contribution is -2.24. The van der Waals surface area contributed by atoms with Crippen LogP contribution in [-0.4, -0.2) is 30.8 Å². The smallest absolute Gasteiger partial charge is 0.240 e. The first-order valence-corrected chi connectivity index (χ1v) is 8.37. The molecular weight excluding hydrogens is 359 g/mol. The third kappa shape index (κ3) is 3.37. The van der Waals surface area contributed by atoms with Crippen LogP contribution in [0.1, 0.15) is 30.5 Å². The minimum absolute atomic E-state index is 0.0408. The third-order valence-corrected chi connectivity index (χ3v) is 4.59. The van der Waals surface area contributed by atoms with Crippen molar-refractivity contribution in [1.29, 1.82) is 0 Å². The van der Waals surface area contributed by atoms with Gasteiger partial charge in [0.15, 0.2) is 0 Å². The van der Waals surface area contributed by atoms with E-state index in [1.54, 1.807) is 32.4 Å². The molecule has 136 valence electrons. The maximum atomic E-state index is 13.9. The second-order valence-corrected chi connectivity index (χ2v) is 6.28. The lowest BCUT2D eigenvalue weighted by molar-refractivity contribution is -0.130. The number of ether oxygens (including phenoxy) is 2. The number of hydrogen-bond acceptors (Lipinski definition) is 4. The highest BCUT2D eigenvalue weighted by Crippen LogP contribution is 2.36. The van der Waals surface area contributed by atoms with Gasteiger partial charge in [-0.15, -0.1) is 0 Å². The first-order valence-electron chi connectivity index (χ1n) is 7.99. The maximum absolute atomic E-state index is 13.9. The first kappa shape index (κ1) is 18.2. The molecule has 3 rings (SSSR count). The van der Waals surface area contributed by atoms with Crippen LogP contribution in [0.3, 0.4) is 0 Å². The quantitative estimate of drug-likeness (QED) is 0.803. The molecule has 5 nitrogen and oxygen atoms in total. The zero-order valence-electron chi connectivity index (χ0n) is 14.6. The lowest BCUT2D eigenvalue weighted by atomic mass is 9.97. The van der Waals surface area contributed by atoms with Crippen LogP contribution in [-0.2, 0) is 4.79 Å². The summed E-state index contributed by atoms with van der Waals surface area (Å²) < 4.78 is 24.5. The van der Waals surface area contributed by atoms with E-state index in [-0.39, 0.29) is 10.9 Å². The van der Waals surface area contributed by atoms with Gasteiger partial charge in [0.25, 0.3) is 0 Å². The van der Waals surface area contributed by atoms with Crippen molar-refractivity contribution in [3.63, 3.8) is 0 Å². The minimum Gasteiger partial charge on any atom is -0.497 e. The number of carbonyl (C=O) groups excluding carboxylic acids is 1. The van der Waals surface area contributed by atoms with Crippen LogP contribution in [0, 0.1) is 5.82 Å². The molecule has 0 saturated heterocycles. The van der Waals surface area contributed by atoms with Gasteiger partial charge in [-0.25, -0.2) is 9.40 Å². The van der Waals surface area contributed by atoms with E-state index < -0.39 is 11.9 Å². The fraction of sp³-hybridized carbons (Fsp3) is 0.263. The van der Waals surface area contributed by atoms with Crippen molar-refractivity contribution in [2.45, 2.75) is 19.4 Å².